The molecule has 108 valence electrons. The van der Waals surface area contributed by atoms with Crippen LogP contribution >= 0.6 is 0 Å². The number of unbranched alkanes of at least 4 members (excludes halogenated alkanes) is 4. The van der Waals surface area contributed by atoms with Crippen LogP contribution in [0, 0.1) is 11.3 Å². The van der Waals surface area contributed by atoms with Crippen LogP contribution in [-0.4, -0.2) is 12.5 Å². The lowest BCUT2D eigenvalue weighted by atomic mass is 10.1. The fourth-order valence-corrected chi connectivity index (χ4v) is 1.86. The third kappa shape index (κ3) is 6.79. The van der Waals surface area contributed by atoms with Crippen molar-refractivity contribution >= 4 is 11.6 Å². The van der Waals surface area contributed by atoms with Gasteiger partial charge in [-0.1, -0.05) is 32.6 Å². The van der Waals surface area contributed by atoms with Crippen LogP contribution in [0.25, 0.3) is 0 Å². The first-order chi connectivity index (χ1) is 9.76. The number of hydrogen-bond acceptors (Lipinski definition) is 3. The normalized spacial score (nSPS) is 9.80. The van der Waals surface area contributed by atoms with Crippen molar-refractivity contribution in [1.82, 2.24) is 0 Å². The largest absolute Gasteiger partial charge is 0.479 e. The van der Waals surface area contributed by atoms with Gasteiger partial charge in [0, 0.05) is 12.1 Å². The predicted octanol–water partition coefficient (Wildman–Crippen LogP) is 3.89. The summed E-state index contributed by atoms with van der Waals surface area (Å²) in [6.45, 7) is 2.21. The zero-order chi connectivity index (χ0) is 14.6. The molecule has 0 saturated carbocycles. The van der Waals surface area contributed by atoms with Crippen LogP contribution in [0.4, 0.5) is 5.69 Å². The molecule has 20 heavy (non-hydrogen) atoms. The van der Waals surface area contributed by atoms with Gasteiger partial charge in [0.1, 0.15) is 11.8 Å². The summed E-state index contributed by atoms with van der Waals surface area (Å²) in [5.41, 5.74) is 0.757. The van der Waals surface area contributed by atoms with Crippen molar-refractivity contribution in [2.24, 2.45) is 0 Å². The van der Waals surface area contributed by atoms with E-state index < -0.39 is 0 Å². The highest BCUT2D eigenvalue weighted by Gasteiger charge is 2.02. The van der Waals surface area contributed by atoms with Gasteiger partial charge in [-0.25, -0.2) is 0 Å². The Hall–Kier alpha value is -2.02. The molecule has 0 bridgehead atoms. The van der Waals surface area contributed by atoms with Gasteiger partial charge in [0.25, 0.3) is 0 Å². The van der Waals surface area contributed by atoms with E-state index in [0.29, 0.717) is 12.2 Å². The maximum absolute atomic E-state index is 11.7. The van der Waals surface area contributed by atoms with E-state index in [1.54, 1.807) is 24.3 Å². The molecule has 1 N–H and O–H groups in total. The number of nitriles is 1. The van der Waals surface area contributed by atoms with Crippen LogP contribution in [0.5, 0.6) is 5.75 Å². The van der Waals surface area contributed by atoms with Crippen LogP contribution in [0.15, 0.2) is 24.3 Å². The minimum atomic E-state index is 0.0312. The summed E-state index contributed by atoms with van der Waals surface area (Å²) in [5.74, 6) is 0.677. The number of carbonyl (C=O) groups is 1. The van der Waals surface area contributed by atoms with Gasteiger partial charge in [0.05, 0.1) is 0 Å². The summed E-state index contributed by atoms with van der Waals surface area (Å²) in [6.07, 6.45) is 6.28. The Labute approximate surface area is 120 Å². The maximum Gasteiger partial charge on any atom is 0.224 e. The third-order valence-electron chi connectivity index (χ3n) is 2.95. The van der Waals surface area contributed by atoms with Crippen LogP contribution < -0.4 is 10.1 Å². The van der Waals surface area contributed by atoms with Gasteiger partial charge in [-0.3, -0.25) is 4.79 Å². The Balaban J connectivity index is 2.26. The molecular weight excluding hydrogens is 252 g/mol. The number of carbonyl (C=O) groups excluding carboxylic acids is 1. The van der Waals surface area contributed by atoms with Crippen molar-refractivity contribution in [3.05, 3.63) is 24.3 Å². The van der Waals surface area contributed by atoms with Crippen molar-refractivity contribution < 1.29 is 9.53 Å². The Bertz CT molecular complexity index is 435. The molecule has 0 atom stereocenters. The van der Waals surface area contributed by atoms with Gasteiger partial charge in [-0.15, -0.1) is 0 Å². The molecule has 4 heteroatoms. The standard InChI is InChI=1S/C16H22N2O2/c1-2-3-4-5-6-7-16(19)18-14-8-10-15(11-9-14)20-13-12-17/h8-11H,2-7,13H2,1H3,(H,18,19). The minimum absolute atomic E-state index is 0.0312. The predicted molar refractivity (Wildman–Crippen MR) is 79.6 cm³/mol. The van der Waals surface area contributed by atoms with Crippen LogP contribution in [0.3, 0.4) is 0 Å². The molecule has 0 aliphatic rings. The highest BCUT2D eigenvalue weighted by atomic mass is 16.5. The van der Waals surface area contributed by atoms with Gasteiger partial charge in [-0.2, -0.15) is 5.26 Å². The SMILES string of the molecule is CCCCCCCC(=O)Nc1ccc(OCC#N)cc1. The van der Waals surface area contributed by atoms with Gasteiger partial charge < -0.3 is 10.1 Å². The first-order valence-electron chi connectivity index (χ1n) is 7.16. The molecule has 0 aliphatic carbocycles. The maximum atomic E-state index is 11.7. The summed E-state index contributed by atoms with van der Waals surface area (Å²) in [5, 5.41) is 11.3. The molecule has 1 aromatic carbocycles. The number of nitrogens with one attached hydrogen (secondary N) is 1. The lowest BCUT2D eigenvalue weighted by Gasteiger charge is -2.06. The number of amides is 1. The van der Waals surface area contributed by atoms with E-state index in [2.05, 4.69) is 12.2 Å². The first-order valence-corrected chi connectivity index (χ1v) is 7.16. The Morgan fingerprint density at radius 1 is 1.20 bits per heavy atom. The molecule has 0 saturated heterocycles. The number of hydrogen-bond donors (Lipinski definition) is 1. The number of anilines is 1. The van der Waals surface area contributed by atoms with E-state index >= 15 is 0 Å². The summed E-state index contributed by atoms with van der Waals surface area (Å²) in [4.78, 5) is 11.7. The van der Waals surface area contributed by atoms with E-state index in [9.17, 15) is 4.79 Å². The second kappa shape index (κ2) is 9.85. The molecule has 0 radical (unpaired) electrons. The highest BCUT2D eigenvalue weighted by molar-refractivity contribution is 5.90. The monoisotopic (exact) mass is 274 g/mol. The van der Waals surface area contributed by atoms with Crippen molar-refractivity contribution in [3.8, 4) is 11.8 Å². The van der Waals surface area contributed by atoms with E-state index in [-0.39, 0.29) is 12.5 Å². The molecule has 0 spiro atoms. The molecule has 1 rings (SSSR count). The van der Waals surface area contributed by atoms with Crippen molar-refractivity contribution in [3.63, 3.8) is 0 Å². The lowest BCUT2D eigenvalue weighted by Crippen LogP contribution is -2.10. The van der Waals surface area contributed by atoms with Gasteiger partial charge in [-0.05, 0) is 30.7 Å². The van der Waals surface area contributed by atoms with E-state index in [4.69, 9.17) is 10.00 Å². The smallest absolute Gasteiger partial charge is 0.224 e. The second-order valence-electron chi connectivity index (χ2n) is 4.68. The summed E-state index contributed by atoms with van der Waals surface area (Å²) < 4.78 is 5.14. The Morgan fingerprint density at radius 2 is 1.90 bits per heavy atom. The minimum Gasteiger partial charge on any atom is -0.479 e. The van der Waals surface area contributed by atoms with Crippen LogP contribution in [0.2, 0.25) is 0 Å². The molecule has 0 unspecified atom stereocenters. The fourth-order valence-electron chi connectivity index (χ4n) is 1.86. The van der Waals surface area contributed by atoms with E-state index in [1.807, 2.05) is 6.07 Å². The van der Waals surface area contributed by atoms with Crippen molar-refractivity contribution in [1.29, 1.82) is 5.26 Å². The fraction of sp³-hybridized carbons (Fsp3) is 0.500. The number of nitrogens with zero attached hydrogens (tertiary/aromatic N) is 1. The Kier molecular flexibility index (Phi) is 7.90. The van der Waals surface area contributed by atoms with Crippen LogP contribution in [-0.2, 0) is 4.79 Å². The molecule has 0 aliphatic heterocycles. The van der Waals surface area contributed by atoms with Crippen molar-refractivity contribution in [2.45, 2.75) is 45.4 Å². The lowest BCUT2D eigenvalue weighted by molar-refractivity contribution is -0.116. The van der Waals surface area contributed by atoms with Crippen molar-refractivity contribution in [2.75, 3.05) is 11.9 Å². The van der Waals surface area contributed by atoms with Crippen LogP contribution in [0.1, 0.15) is 45.4 Å². The zero-order valence-electron chi connectivity index (χ0n) is 12.0. The molecule has 0 fully saturated rings. The topological polar surface area (TPSA) is 62.1 Å². The number of benzene rings is 1. The average Bonchev–Trinajstić information content (AvgIpc) is 2.46. The molecule has 0 heterocycles. The second-order valence-corrected chi connectivity index (χ2v) is 4.68. The van der Waals surface area contributed by atoms with Gasteiger partial charge in [0.2, 0.25) is 5.91 Å². The molecule has 1 aromatic rings. The number of rotatable bonds is 9. The van der Waals surface area contributed by atoms with Gasteiger partial charge in [0.15, 0.2) is 6.61 Å². The third-order valence-corrected chi connectivity index (χ3v) is 2.95. The van der Waals surface area contributed by atoms with Gasteiger partial charge >= 0.3 is 0 Å². The van der Waals surface area contributed by atoms with E-state index in [0.717, 1.165) is 18.5 Å². The number of ether oxygens (including phenoxy) is 1. The molecule has 4 nitrogen and oxygen atoms in total. The molecular formula is C16H22N2O2. The quantitative estimate of drug-likeness (QED) is 0.695. The molecule has 1 amide bonds. The summed E-state index contributed by atoms with van der Waals surface area (Å²) in [6, 6.07) is 8.96. The summed E-state index contributed by atoms with van der Waals surface area (Å²) in [7, 11) is 0. The first kappa shape index (κ1) is 16.0. The highest BCUT2D eigenvalue weighted by Crippen LogP contribution is 2.16. The average molecular weight is 274 g/mol. The Morgan fingerprint density at radius 3 is 2.55 bits per heavy atom. The molecule has 0 aromatic heterocycles. The van der Waals surface area contributed by atoms with E-state index in [1.165, 1.54) is 19.3 Å². The zero-order valence-corrected chi connectivity index (χ0v) is 12.0. The summed E-state index contributed by atoms with van der Waals surface area (Å²) >= 11 is 0.